The van der Waals surface area contributed by atoms with E-state index < -0.39 is 0 Å². The Morgan fingerprint density at radius 2 is 1.87 bits per heavy atom. The van der Waals surface area contributed by atoms with Gasteiger partial charge in [-0.15, -0.1) is 0 Å². The number of carbonyl (C=O) groups excluding carboxylic acids is 1. The molecule has 1 saturated carbocycles. The van der Waals surface area contributed by atoms with Crippen molar-refractivity contribution in [3.8, 4) is 0 Å². The van der Waals surface area contributed by atoms with Crippen molar-refractivity contribution in [1.82, 2.24) is 15.5 Å². The van der Waals surface area contributed by atoms with Crippen molar-refractivity contribution in [2.75, 3.05) is 40.3 Å². The molecule has 6 heteroatoms. The quantitative estimate of drug-likeness (QED) is 0.385. The summed E-state index contributed by atoms with van der Waals surface area (Å²) < 4.78 is 5.91. The summed E-state index contributed by atoms with van der Waals surface area (Å²) in [5.41, 5.74) is 0. The molecule has 0 heterocycles. The van der Waals surface area contributed by atoms with Gasteiger partial charge in [0.15, 0.2) is 5.96 Å². The van der Waals surface area contributed by atoms with Gasteiger partial charge in [-0.1, -0.05) is 26.2 Å². The lowest BCUT2D eigenvalue weighted by Crippen LogP contribution is -2.39. The minimum absolute atomic E-state index is 0.00299. The Hall–Kier alpha value is -1.30. The number of ether oxygens (including phenoxy) is 1. The number of rotatable bonds is 9. The molecule has 23 heavy (non-hydrogen) atoms. The minimum Gasteiger partial charge on any atom is -0.378 e. The topological polar surface area (TPSA) is 66.0 Å². The summed E-state index contributed by atoms with van der Waals surface area (Å²) in [6.07, 6.45) is 8.83. The number of hydrogen-bond donors (Lipinski definition) is 2. The van der Waals surface area contributed by atoms with Gasteiger partial charge in [0.1, 0.15) is 6.54 Å². The highest BCUT2D eigenvalue weighted by Gasteiger charge is 2.13. The molecule has 0 spiro atoms. The summed E-state index contributed by atoms with van der Waals surface area (Å²) in [6.45, 7) is 4.71. The molecule has 0 radical (unpaired) electrons. The normalized spacial score (nSPS) is 16.2. The molecule has 1 rings (SSSR count). The van der Waals surface area contributed by atoms with E-state index in [1.54, 1.807) is 19.0 Å². The number of nitrogens with zero attached hydrogens (tertiary/aromatic N) is 2. The highest BCUT2D eigenvalue weighted by Crippen LogP contribution is 2.20. The van der Waals surface area contributed by atoms with Crippen LogP contribution in [0.4, 0.5) is 0 Å². The molecule has 6 nitrogen and oxygen atoms in total. The second-order valence-corrected chi connectivity index (χ2v) is 6.29. The van der Waals surface area contributed by atoms with Crippen LogP contribution in [-0.2, 0) is 9.53 Å². The van der Waals surface area contributed by atoms with Gasteiger partial charge >= 0.3 is 0 Å². The zero-order valence-corrected chi connectivity index (χ0v) is 15.1. The fourth-order valence-corrected chi connectivity index (χ4v) is 2.47. The van der Waals surface area contributed by atoms with Gasteiger partial charge in [-0.3, -0.25) is 4.79 Å². The molecule has 0 saturated heterocycles. The fraction of sp³-hybridized carbons (Fsp3) is 0.882. The number of carbonyl (C=O) groups is 1. The first kappa shape index (κ1) is 19.7. The molecule has 0 unspecified atom stereocenters. The van der Waals surface area contributed by atoms with E-state index in [0.29, 0.717) is 12.1 Å². The maximum absolute atomic E-state index is 11.6. The predicted molar refractivity (Wildman–Crippen MR) is 94.7 cm³/mol. The minimum atomic E-state index is 0.00299. The average Bonchev–Trinajstić information content (AvgIpc) is 2.56. The Labute approximate surface area is 141 Å². The molecule has 0 aromatic rings. The number of guanidine groups is 1. The lowest BCUT2D eigenvalue weighted by Gasteiger charge is -2.22. The van der Waals surface area contributed by atoms with E-state index in [1.807, 2.05) is 0 Å². The van der Waals surface area contributed by atoms with Crippen LogP contribution in [0, 0.1) is 0 Å². The predicted octanol–water partition coefficient (Wildman–Crippen LogP) is 1.76. The van der Waals surface area contributed by atoms with Gasteiger partial charge in [0, 0.05) is 33.8 Å². The van der Waals surface area contributed by atoms with Gasteiger partial charge in [-0.05, 0) is 25.7 Å². The first-order chi connectivity index (χ1) is 11.1. The largest absolute Gasteiger partial charge is 0.378 e. The molecule has 0 aromatic carbocycles. The van der Waals surface area contributed by atoms with E-state index in [4.69, 9.17) is 4.74 Å². The molecule has 0 bridgehead atoms. The summed E-state index contributed by atoms with van der Waals surface area (Å²) >= 11 is 0. The van der Waals surface area contributed by atoms with Crippen LogP contribution < -0.4 is 10.6 Å². The summed E-state index contributed by atoms with van der Waals surface area (Å²) in [7, 11) is 3.49. The monoisotopic (exact) mass is 326 g/mol. The Bertz CT molecular complexity index is 353. The average molecular weight is 326 g/mol. The first-order valence-corrected chi connectivity index (χ1v) is 8.97. The summed E-state index contributed by atoms with van der Waals surface area (Å²) in [5, 5.41) is 6.51. The molecule has 1 aliphatic rings. The molecule has 0 atom stereocenters. The third-order valence-electron chi connectivity index (χ3n) is 3.93. The van der Waals surface area contributed by atoms with Gasteiger partial charge in [-0.25, -0.2) is 4.99 Å². The van der Waals surface area contributed by atoms with E-state index in [0.717, 1.165) is 32.5 Å². The molecular weight excluding hydrogens is 292 g/mol. The lowest BCUT2D eigenvalue weighted by molar-refractivity contribution is -0.127. The Kier molecular flexibility index (Phi) is 10.4. The molecule has 134 valence electrons. The zero-order valence-electron chi connectivity index (χ0n) is 15.1. The molecule has 1 fully saturated rings. The third-order valence-corrected chi connectivity index (χ3v) is 3.93. The molecule has 0 aliphatic heterocycles. The fourth-order valence-electron chi connectivity index (χ4n) is 2.47. The molecule has 1 amide bonds. The lowest BCUT2D eigenvalue weighted by atomic mass is 9.98. The van der Waals surface area contributed by atoms with E-state index in [9.17, 15) is 4.79 Å². The molecular formula is C17H34N4O2. The Morgan fingerprint density at radius 1 is 1.17 bits per heavy atom. The third kappa shape index (κ3) is 9.43. The van der Waals surface area contributed by atoms with Gasteiger partial charge in [0.05, 0.1) is 6.10 Å². The highest BCUT2D eigenvalue weighted by molar-refractivity contribution is 5.84. The summed E-state index contributed by atoms with van der Waals surface area (Å²) in [6, 6.07) is 0. The van der Waals surface area contributed by atoms with Crippen LogP contribution in [-0.4, -0.2) is 63.2 Å². The van der Waals surface area contributed by atoms with Crippen LogP contribution in [0.2, 0.25) is 0 Å². The zero-order chi connectivity index (χ0) is 16.9. The van der Waals surface area contributed by atoms with Crippen molar-refractivity contribution in [2.45, 2.75) is 58.0 Å². The van der Waals surface area contributed by atoms with Gasteiger partial charge in [0.25, 0.3) is 0 Å². The van der Waals surface area contributed by atoms with E-state index in [-0.39, 0.29) is 12.5 Å². The van der Waals surface area contributed by atoms with Crippen LogP contribution in [0.1, 0.15) is 51.9 Å². The van der Waals surface area contributed by atoms with Crippen LogP contribution in [0.5, 0.6) is 0 Å². The smallest absolute Gasteiger partial charge is 0.243 e. The second-order valence-electron chi connectivity index (χ2n) is 6.29. The van der Waals surface area contributed by atoms with Gasteiger partial charge in [-0.2, -0.15) is 0 Å². The number of amides is 1. The van der Waals surface area contributed by atoms with Crippen LogP contribution in [0.15, 0.2) is 4.99 Å². The van der Waals surface area contributed by atoms with Crippen molar-refractivity contribution in [3.63, 3.8) is 0 Å². The maximum atomic E-state index is 11.6. The van der Waals surface area contributed by atoms with Crippen molar-refractivity contribution >= 4 is 11.9 Å². The standard InChI is InChI=1S/C17H34N4O2/c1-4-11-18-17(20-14-16(22)21(2)3)19-12-8-13-23-15-9-6-5-7-10-15/h15H,4-14H2,1-3H3,(H2,18,19,20). The molecule has 1 aliphatic carbocycles. The van der Waals surface area contributed by atoms with Crippen molar-refractivity contribution in [3.05, 3.63) is 0 Å². The summed E-state index contributed by atoms with van der Waals surface area (Å²) in [5.74, 6) is 0.711. The Morgan fingerprint density at radius 3 is 2.52 bits per heavy atom. The summed E-state index contributed by atoms with van der Waals surface area (Å²) in [4.78, 5) is 17.5. The number of aliphatic imine (C=N–C) groups is 1. The highest BCUT2D eigenvalue weighted by atomic mass is 16.5. The SMILES string of the molecule is CCCNC(=NCC(=O)N(C)C)NCCCOC1CCCCC1. The van der Waals surface area contributed by atoms with Crippen molar-refractivity contribution in [2.24, 2.45) is 4.99 Å². The number of hydrogen-bond acceptors (Lipinski definition) is 3. The number of nitrogens with one attached hydrogen (secondary N) is 2. The van der Waals surface area contributed by atoms with Crippen LogP contribution >= 0.6 is 0 Å². The van der Waals surface area contributed by atoms with E-state index >= 15 is 0 Å². The van der Waals surface area contributed by atoms with Gasteiger partial charge in [0.2, 0.25) is 5.91 Å². The van der Waals surface area contributed by atoms with E-state index in [1.165, 1.54) is 32.1 Å². The van der Waals surface area contributed by atoms with Crippen LogP contribution in [0.3, 0.4) is 0 Å². The van der Waals surface area contributed by atoms with Crippen LogP contribution in [0.25, 0.3) is 0 Å². The molecule has 0 aromatic heterocycles. The van der Waals surface area contributed by atoms with Crippen molar-refractivity contribution < 1.29 is 9.53 Å². The first-order valence-electron chi connectivity index (χ1n) is 8.97. The number of likely N-dealkylation sites (N-methyl/N-ethyl adjacent to an activating group) is 1. The van der Waals surface area contributed by atoms with E-state index in [2.05, 4.69) is 22.5 Å². The second kappa shape index (κ2) is 12.2. The molecule has 2 N–H and O–H groups in total. The maximum Gasteiger partial charge on any atom is 0.243 e. The van der Waals surface area contributed by atoms with Gasteiger partial charge < -0.3 is 20.3 Å². The Balaban J connectivity index is 2.21. The van der Waals surface area contributed by atoms with Crippen molar-refractivity contribution in [1.29, 1.82) is 0 Å².